The van der Waals surface area contributed by atoms with Crippen LogP contribution in [0, 0.1) is 39.3 Å². The molecule has 2 heteroatoms. The molecule has 0 heterocycles. The molecule has 0 fully saturated rings. The molecule has 0 unspecified atom stereocenters. The fraction of sp³-hybridized carbons (Fsp3) is 0.250. The molecule has 0 radical (unpaired) electrons. The minimum atomic E-state index is -0.124. The Kier molecular flexibility index (Phi) is 5.02. The lowest BCUT2D eigenvalue weighted by atomic mass is 10.1. The highest BCUT2D eigenvalue weighted by atomic mass is 19.1. The number of rotatable bonds is 0. The summed E-state index contributed by atoms with van der Waals surface area (Å²) in [5.74, 6) is -0.249. The van der Waals surface area contributed by atoms with Crippen molar-refractivity contribution in [1.29, 1.82) is 0 Å². The van der Waals surface area contributed by atoms with Gasteiger partial charge < -0.3 is 0 Å². The van der Waals surface area contributed by atoms with Gasteiger partial charge in [0.2, 0.25) is 0 Å². The van der Waals surface area contributed by atoms with Crippen LogP contribution in [0.4, 0.5) is 8.78 Å². The maximum absolute atomic E-state index is 12.5. The van der Waals surface area contributed by atoms with Gasteiger partial charge in [-0.1, -0.05) is 35.4 Å². The molecular formula is C16H18F2. The van der Waals surface area contributed by atoms with Crippen molar-refractivity contribution < 1.29 is 8.78 Å². The van der Waals surface area contributed by atoms with E-state index in [1.807, 2.05) is 26.0 Å². The predicted octanol–water partition coefficient (Wildman–Crippen LogP) is 4.89. The molecule has 0 aliphatic rings. The van der Waals surface area contributed by atoms with Crippen molar-refractivity contribution in [2.75, 3.05) is 0 Å². The van der Waals surface area contributed by atoms with Crippen molar-refractivity contribution in [3.63, 3.8) is 0 Å². The second kappa shape index (κ2) is 6.29. The van der Waals surface area contributed by atoms with Gasteiger partial charge in [-0.15, -0.1) is 0 Å². The zero-order valence-corrected chi connectivity index (χ0v) is 11.2. The summed E-state index contributed by atoms with van der Waals surface area (Å²) in [5.41, 5.74) is 3.65. The van der Waals surface area contributed by atoms with E-state index in [0.29, 0.717) is 0 Å². The second-order valence-corrected chi connectivity index (χ2v) is 4.51. The fourth-order valence-corrected chi connectivity index (χ4v) is 1.59. The summed E-state index contributed by atoms with van der Waals surface area (Å²) in [6.45, 7) is 7.43. The molecule has 0 aromatic heterocycles. The molecule has 0 bridgehead atoms. The summed E-state index contributed by atoms with van der Waals surface area (Å²) in [4.78, 5) is 0. The van der Waals surface area contributed by atoms with E-state index in [4.69, 9.17) is 0 Å². The third kappa shape index (κ3) is 4.28. The molecular weight excluding hydrogens is 230 g/mol. The minimum absolute atomic E-state index is 0.124. The smallest absolute Gasteiger partial charge is 0.126 e. The van der Waals surface area contributed by atoms with Crippen molar-refractivity contribution in [2.45, 2.75) is 27.7 Å². The van der Waals surface area contributed by atoms with Crippen molar-refractivity contribution in [1.82, 2.24) is 0 Å². The van der Waals surface area contributed by atoms with Crippen LogP contribution < -0.4 is 0 Å². The Labute approximate surface area is 107 Å². The molecule has 0 saturated carbocycles. The number of hydrogen-bond acceptors (Lipinski definition) is 0. The fourth-order valence-electron chi connectivity index (χ4n) is 1.59. The average Bonchev–Trinajstić information content (AvgIpc) is 2.30. The van der Waals surface area contributed by atoms with E-state index in [-0.39, 0.29) is 11.6 Å². The Bertz CT molecular complexity index is 481. The Balaban J connectivity index is 0.000000180. The molecule has 0 saturated heterocycles. The standard InChI is InChI=1S/2C8H9F/c2*1-6-3-4-8(9)7(2)5-6/h2*3-5H,1-2H3. The lowest BCUT2D eigenvalue weighted by Crippen LogP contribution is -1.81. The lowest BCUT2D eigenvalue weighted by molar-refractivity contribution is 0.617. The van der Waals surface area contributed by atoms with Crippen LogP contribution in [-0.4, -0.2) is 0 Å². The first-order valence-electron chi connectivity index (χ1n) is 5.85. The average molecular weight is 248 g/mol. The molecule has 96 valence electrons. The van der Waals surface area contributed by atoms with E-state index in [9.17, 15) is 8.78 Å². The summed E-state index contributed by atoms with van der Waals surface area (Å²) < 4.78 is 25.0. The third-order valence-electron chi connectivity index (χ3n) is 2.63. The highest BCUT2D eigenvalue weighted by Gasteiger charge is 1.93. The normalized spacial score (nSPS) is 9.67. The molecule has 2 aromatic carbocycles. The van der Waals surface area contributed by atoms with Crippen molar-refractivity contribution in [2.24, 2.45) is 0 Å². The summed E-state index contributed by atoms with van der Waals surface area (Å²) in [5, 5.41) is 0. The van der Waals surface area contributed by atoms with Crippen LogP contribution in [0.3, 0.4) is 0 Å². The largest absolute Gasteiger partial charge is 0.207 e. The molecule has 0 aliphatic heterocycles. The first kappa shape index (κ1) is 14.4. The quantitative estimate of drug-likeness (QED) is 0.623. The molecule has 0 amide bonds. The Hall–Kier alpha value is -1.70. The van der Waals surface area contributed by atoms with Gasteiger partial charge >= 0.3 is 0 Å². The summed E-state index contributed by atoms with van der Waals surface area (Å²) in [6.07, 6.45) is 0. The van der Waals surface area contributed by atoms with E-state index in [1.54, 1.807) is 26.0 Å². The molecule has 0 aliphatic carbocycles. The number of benzene rings is 2. The molecule has 0 N–H and O–H groups in total. The van der Waals surface area contributed by atoms with Crippen molar-refractivity contribution >= 4 is 0 Å². The molecule has 0 spiro atoms. The first-order valence-corrected chi connectivity index (χ1v) is 5.85. The molecule has 2 aromatic rings. The lowest BCUT2D eigenvalue weighted by Gasteiger charge is -1.95. The monoisotopic (exact) mass is 248 g/mol. The zero-order chi connectivity index (χ0) is 13.7. The first-order chi connectivity index (χ1) is 8.40. The van der Waals surface area contributed by atoms with E-state index < -0.39 is 0 Å². The van der Waals surface area contributed by atoms with E-state index in [1.165, 1.54) is 12.1 Å². The summed E-state index contributed by atoms with van der Waals surface area (Å²) in [6, 6.07) is 10.2. The molecule has 0 atom stereocenters. The van der Waals surface area contributed by atoms with Gasteiger partial charge in [0.1, 0.15) is 11.6 Å². The highest BCUT2D eigenvalue weighted by molar-refractivity contribution is 5.23. The second-order valence-electron chi connectivity index (χ2n) is 4.51. The van der Waals surface area contributed by atoms with Crippen LogP contribution in [0.1, 0.15) is 22.3 Å². The number of hydrogen-bond donors (Lipinski definition) is 0. The summed E-state index contributed by atoms with van der Waals surface area (Å²) >= 11 is 0. The zero-order valence-electron chi connectivity index (χ0n) is 11.2. The Morgan fingerprint density at radius 1 is 0.611 bits per heavy atom. The number of aryl methyl sites for hydroxylation is 4. The molecule has 0 nitrogen and oxygen atoms in total. The van der Waals surface area contributed by atoms with Crippen LogP contribution in [0.25, 0.3) is 0 Å². The minimum Gasteiger partial charge on any atom is -0.207 e. The maximum atomic E-state index is 12.5. The topological polar surface area (TPSA) is 0 Å². The van der Waals surface area contributed by atoms with E-state index in [2.05, 4.69) is 0 Å². The van der Waals surface area contributed by atoms with Gasteiger partial charge in [0, 0.05) is 0 Å². The van der Waals surface area contributed by atoms with Crippen LogP contribution in [-0.2, 0) is 0 Å². The van der Waals surface area contributed by atoms with Gasteiger partial charge in [-0.3, -0.25) is 0 Å². The van der Waals surface area contributed by atoms with E-state index >= 15 is 0 Å². The third-order valence-corrected chi connectivity index (χ3v) is 2.63. The van der Waals surface area contributed by atoms with Crippen molar-refractivity contribution in [3.8, 4) is 0 Å². The van der Waals surface area contributed by atoms with E-state index in [0.717, 1.165) is 22.3 Å². The Morgan fingerprint density at radius 3 is 1.17 bits per heavy atom. The van der Waals surface area contributed by atoms with Crippen LogP contribution in [0.15, 0.2) is 36.4 Å². The SMILES string of the molecule is Cc1ccc(F)c(C)c1.Cc1ccc(F)c(C)c1. The van der Waals surface area contributed by atoms with Crippen LogP contribution in [0.2, 0.25) is 0 Å². The number of halogens is 2. The van der Waals surface area contributed by atoms with Gasteiger partial charge in [-0.25, -0.2) is 8.78 Å². The molecule has 18 heavy (non-hydrogen) atoms. The predicted molar refractivity (Wildman–Crippen MR) is 71.7 cm³/mol. The van der Waals surface area contributed by atoms with Gasteiger partial charge in [0.25, 0.3) is 0 Å². The summed E-state index contributed by atoms with van der Waals surface area (Å²) in [7, 11) is 0. The van der Waals surface area contributed by atoms with Gasteiger partial charge in [-0.05, 0) is 51.0 Å². The van der Waals surface area contributed by atoms with Crippen LogP contribution in [0.5, 0.6) is 0 Å². The molecule has 2 rings (SSSR count). The highest BCUT2D eigenvalue weighted by Crippen LogP contribution is 2.07. The van der Waals surface area contributed by atoms with Gasteiger partial charge in [0.05, 0.1) is 0 Å². The van der Waals surface area contributed by atoms with Gasteiger partial charge in [-0.2, -0.15) is 0 Å². The van der Waals surface area contributed by atoms with Crippen LogP contribution >= 0.6 is 0 Å². The Morgan fingerprint density at radius 2 is 0.944 bits per heavy atom. The maximum Gasteiger partial charge on any atom is 0.126 e. The van der Waals surface area contributed by atoms with Gasteiger partial charge in [0.15, 0.2) is 0 Å². The van der Waals surface area contributed by atoms with Crippen molar-refractivity contribution in [3.05, 3.63) is 70.3 Å².